The number of ether oxygens (including phenoxy) is 1. The summed E-state index contributed by atoms with van der Waals surface area (Å²) in [4.78, 5) is 65.9. The molecule has 5 amide bonds. The van der Waals surface area contributed by atoms with Crippen LogP contribution in [0, 0.1) is 29.1 Å². The summed E-state index contributed by atoms with van der Waals surface area (Å²) in [7, 11) is 0. The van der Waals surface area contributed by atoms with Gasteiger partial charge in [-0.2, -0.15) is 13.2 Å². The van der Waals surface area contributed by atoms with Gasteiger partial charge in [-0.25, -0.2) is 0 Å². The van der Waals surface area contributed by atoms with Crippen LogP contribution in [0.3, 0.4) is 0 Å². The SMILES string of the molecule is C[C@@H](OC1(C2CC2)CC1)[C@H](NC(=O)C(F)(F)F)C(=O)N1CC2C(C1C(=O)N[C@@H](C[C@@H]1CC(C)(C)NC1=O)C(N)=O)C2(C)C. The maximum atomic E-state index is 14.0. The number of amides is 5. The number of fused-ring (bicyclic) bond motifs is 1. The molecule has 0 spiro atoms. The lowest BCUT2D eigenvalue weighted by Gasteiger charge is -2.36. The maximum Gasteiger partial charge on any atom is 0.471 e. The maximum absolute atomic E-state index is 14.0. The first-order valence-corrected chi connectivity index (χ1v) is 15.0. The molecule has 5 fully saturated rings. The normalized spacial score (nSPS) is 31.7. The molecule has 43 heavy (non-hydrogen) atoms. The highest BCUT2D eigenvalue weighted by Gasteiger charge is 2.70. The Morgan fingerprint density at radius 1 is 1.12 bits per heavy atom. The number of halogens is 3. The van der Waals surface area contributed by atoms with Gasteiger partial charge in [-0.1, -0.05) is 13.8 Å². The van der Waals surface area contributed by atoms with Gasteiger partial charge in [0.25, 0.3) is 0 Å². The van der Waals surface area contributed by atoms with E-state index in [2.05, 4.69) is 10.6 Å². The fourth-order valence-electron chi connectivity index (χ4n) is 7.56. The van der Waals surface area contributed by atoms with E-state index in [0.717, 1.165) is 25.7 Å². The Hall–Kier alpha value is -2.90. The summed E-state index contributed by atoms with van der Waals surface area (Å²) in [5.41, 5.74) is 4.29. The second-order valence-electron chi connectivity index (χ2n) is 14.5. The number of hydrogen-bond acceptors (Lipinski definition) is 6. The molecule has 0 aromatic carbocycles. The van der Waals surface area contributed by atoms with E-state index in [9.17, 15) is 37.1 Å². The zero-order chi connectivity index (χ0) is 31.9. The minimum Gasteiger partial charge on any atom is -0.369 e. The second kappa shape index (κ2) is 10.3. The zero-order valence-electron chi connectivity index (χ0n) is 25.2. The molecule has 0 aromatic heterocycles. The largest absolute Gasteiger partial charge is 0.471 e. The number of hydrogen-bond donors (Lipinski definition) is 4. The van der Waals surface area contributed by atoms with Gasteiger partial charge in [0, 0.05) is 18.0 Å². The van der Waals surface area contributed by atoms with E-state index in [1.807, 2.05) is 33.0 Å². The van der Waals surface area contributed by atoms with Crippen molar-refractivity contribution in [3.63, 3.8) is 0 Å². The summed E-state index contributed by atoms with van der Waals surface area (Å²) < 4.78 is 46.1. The summed E-state index contributed by atoms with van der Waals surface area (Å²) in [6.45, 7) is 9.11. The van der Waals surface area contributed by atoms with Gasteiger partial charge in [0.2, 0.25) is 23.6 Å². The Kier molecular flexibility index (Phi) is 7.58. The Bertz CT molecular complexity index is 1210. The molecule has 3 aliphatic carbocycles. The Labute approximate surface area is 248 Å². The monoisotopic (exact) mass is 613 g/mol. The minimum atomic E-state index is -5.23. The molecule has 7 atom stereocenters. The van der Waals surface area contributed by atoms with E-state index >= 15 is 0 Å². The molecule has 3 saturated carbocycles. The number of rotatable bonds is 11. The molecule has 0 bridgehead atoms. The van der Waals surface area contributed by atoms with Crippen LogP contribution in [0.5, 0.6) is 0 Å². The Morgan fingerprint density at radius 2 is 1.74 bits per heavy atom. The van der Waals surface area contributed by atoms with Gasteiger partial charge < -0.3 is 31.3 Å². The van der Waals surface area contributed by atoms with Crippen LogP contribution in [0.15, 0.2) is 0 Å². The van der Waals surface area contributed by atoms with Crippen molar-refractivity contribution in [1.29, 1.82) is 0 Å². The predicted octanol–water partition coefficient (Wildman–Crippen LogP) is 1.14. The zero-order valence-corrected chi connectivity index (χ0v) is 25.2. The minimum absolute atomic E-state index is 0.0348. The van der Waals surface area contributed by atoms with Gasteiger partial charge in [0.1, 0.15) is 18.1 Å². The lowest BCUT2D eigenvalue weighted by atomic mass is 9.91. The van der Waals surface area contributed by atoms with Crippen molar-refractivity contribution in [2.24, 2.45) is 34.8 Å². The first-order chi connectivity index (χ1) is 19.8. The Balaban J connectivity index is 1.36. The molecule has 2 saturated heterocycles. The van der Waals surface area contributed by atoms with Gasteiger partial charge in [-0.05, 0) is 82.5 Å². The molecule has 5 rings (SSSR count). The quantitative estimate of drug-likeness (QED) is 0.274. The first-order valence-electron chi connectivity index (χ1n) is 15.0. The van der Waals surface area contributed by atoms with Crippen LogP contribution in [0.25, 0.3) is 0 Å². The Morgan fingerprint density at radius 3 is 2.23 bits per heavy atom. The van der Waals surface area contributed by atoms with Crippen LogP contribution < -0.4 is 21.7 Å². The molecule has 0 radical (unpaired) electrons. The summed E-state index contributed by atoms with van der Waals surface area (Å²) in [6.07, 6.45) is -2.58. The van der Waals surface area contributed by atoms with Crippen molar-refractivity contribution in [2.45, 2.75) is 115 Å². The van der Waals surface area contributed by atoms with E-state index in [-0.39, 0.29) is 42.0 Å². The van der Waals surface area contributed by atoms with Crippen molar-refractivity contribution in [1.82, 2.24) is 20.9 Å². The molecule has 5 N–H and O–H groups in total. The third-order valence-electron chi connectivity index (χ3n) is 10.3. The van der Waals surface area contributed by atoms with Gasteiger partial charge in [-0.3, -0.25) is 24.0 Å². The molecule has 11 nitrogen and oxygen atoms in total. The van der Waals surface area contributed by atoms with E-state index in [4.69, 9.17) is 10.5 Å². The number of carbonyl (C=O) groups is 5. The summed E-state index contributed by atoms with van der Waals surface area (Å²) in [5, 5.41) is 7.31. The summed E-state index contributed by atoms with van der Waals surface area (Å²) in [5.74, 6) is -5.64. The number of alkyl halides is 3. The van der Waals surface area contributed by atoms with E-state index in [1.54, 1.807) is 0 Å². The summed E-state index contributed by atoms with van der Waals surface area (Å²) >= 11 is 0. The molecular formula is C29H42F3N5O6. The molecule has 2 aliphatic heterocycles. The van der Waals surface area contributed by atoms with Crippen molar-refractivity contribution in [2.75, 3.05) is 6.54 Å². The van der Waals surface area contributed by atoms with Crippen molar-refractivity contribution in [3.8, 4) is 0 Å². The van der Waals surface area contributed by atoms with Crippen LogP contribution in [0.1, 0.15) is 73.1 Å². The van der Waals surface area contributed by atoms with E-state index < -0.39 is 71.1 Å². The first kappa shape index (κ1) is 31.5. The fourth-order valence-corrected chi connectivity index (χ4v) is 7.56. The number of nitrogens with two attached hydrogens (primary N) is 1. The molecule has 14 heteroatoms. The van der Waals surface area contributed by atoms with Gasteiger partial charge in [0.05, 0.1) is 11.7 Å². The topological polar surface area (TPSA) is 160 Å². The van der Waals surface area contributed by atoms with Crippen LogP contribution in [-0.4, -0.2) is 82.5 Å². The number of nitrogens with zero attached hydrogens (tertiary/aromatic N) is 1. The third-order valence-corrected chi connectivity index (χ3v) is 10.3. The van der Waals surface area contributed by atoms with Crippen LogP contribution in [0.4, 0.5) is 13.2 Å². The number of piperidine rings is 1. The van der Waals surface area contributed by atoms with Crippen molar-refractivity contribution >= 4 is 29.5 Å². The standard InChI is InChI=1S/C29H42F3N5O6/c1-13(43-28(8-9-28)15-6-7-15)19(35-25(42)29(30,31)32)24(41)37-12-16-18(27(16,4)5)20(37)23(40)34-17(21(33)38)10-14-11-26(2,3)36-22(14)39/h13-20H,6-12H2,1-5H3,(H2,33,38)(H,34,40)(H,35,42)(H,36,39)/t13-,14-,16?,17+,18?,19+,20?/m1/s1. The lowest BCUT2D eigenvalue weighted by molar-refractivity contribution is -0.177. The van der Waals surface area contributed by atoms with Gasteiger partial charge in [-0.15, -0.1) is 0 Å². The molecule has 240 valence electrons. The van der Waals surface area contributed by atoms with Crippen molar-refractivity contribution < 1.29 is 41.9 Å². The molecule has 0 aromatic rings. The van der Waals surface area contributed by atoms with Crippen LogP contribution in [0.2, 0.25) is 0 Å². The smallest absolute Gasteiger partial charge is 0.369 e. The van der Waals surface area contributed by atoms with Gasteiger partial charge >= 0.3 is 12.1 Å². The predicted molar refractivity (Wildman–Crippen MR) is 146 cm³/mol. The fraction of sp³-hybridized carbons (Fsp3) is 0.828. The average molecular weight is 614 g/mol. The van der Waals surface area contributed by atoms with E-state index in [1.165, 1.54) is 11.8 Å². The van der Waals surface area contributed by atoms with Gasteiger partial charge in [0.15, 0.2) is 0 Å². The highest BCUT2D eigenvalue weighted by molar-refractivity contribution is 5.96. The molecule has 5 aliphatic rings. The lowest BCUT2D eigenvalue weighted by Crippen LogP contribution is -2.61. The number of carbonyl (C=O) groups excluding carboxylic acids is 5. The third kappa shape index (κ3) is 6.08. The molecular weight excluding hydrogens is 571 g/mol. The number of nitrogens with one attached hydrogen (secondary N) is 3. The average Bonchev–Trinajstić information content (AvgIpc) is 3.82. The van der Waals surface area contributed by atoms with Crippen LogP contribution in [-0.2, 0) is 28.7 Å². The molecule has 3 unspecified atom stereocenters. The number of likely N-dealkylation sites (tertiary alicyclic amines) is 1. The molecule has 2 heterocycles. The van der Waals surface area contributed by atoms with Crippen LogP contribution >= 0.6 is 0 Å². The highest BCUT2D eigenvalue weighted by atomic mass is 19.4. The summed E-state index contributed by atoms with van der Waals surface area (Å²) in [6, 6.07) is -4.00. The number of primary amides is 1. The van der Waals surface area contributed by atoms with E-state index in [0.29, 0.717) is 6.42 Å². The second-order valence-corrected chi connectivity index (χ2v) is 14.5. The highest BCUT2D eigenvalue weighted by Crippen LogP contribution is 2.65. The van der Waals surface area contributed by atoms with Crippen molar-refractivity contribution in [3.05, 3.63) is 0 Å².